The number of para-hydroxylation sites is 1. The summed E-state index contributed by atoms with van der Waals surface area (Å²) in [5.41, 5.74) is 9.04. The molecule has 0 aliphatic heterocycles. The first kappa shape index (κ1) is 14.4. The zero-order valence-corrected chi connectivity index (χ0v) is 12.2. The molecule has 0 bridgehead atoms. The molecule has 0 aliphatic carbocycles. The topological polar surface area (TPSA) is 38.5 Å². The van der Waals surface area contributed by atoms with E-state index >= 15 is 0 Å². The molecular formula is C17H22N2O. The van der Waals surface area contributed by atoms with Crippen molar-refractivity contribution in [1.82, 2.24) is 4.90 Å². The highest BCUT2D eigenvalue weighted by molar-refractivity contribution is 5.39. The quantitative estimate of drug-likeness (QED) is 0.820. The molecule has 2 aromatic carbocycles. The third kappa shape index (κ3) is 4.00. The molecule has 0 heterocycles. The predicted molar refractivity (Wildman–Crippen MR) is 83.9 cm³/mol. The Labute approximate surface area is 121 Å². The molecule has 106 valence electrons. The van der Waals surface area contributed by atoms with Crippen LogP contribution in [0.15, 0.2) is 48.5 Å². The Morgan fingerprint density at radius 1 is 1.05 bits per heavy atom. The van der Waals surface area contributed by atoms with Crippen LogP contribution in [0, 0.1) is 0 Å². The minimum atomic E-state index is 0.816. The lowest BCUT2D eigenvalue weighted by Gasteiger charge is -2.18. The van der Waals surface area contributed by atoms with Crippen molar-refractivity contribution in [3.8, 4) is 5.75 Å². The standard InChI is InChI=1S/C17H22N2O/c1-19(12-11-14-7-9-16(18)10-8-14)13-15-5-3-4-6-17(15)20-2/h3-10H,11-13,18H2,1-2H3. The zero-order chi connectivity index (χ0) is 14.4. The number of nitrogens with zero attached hydrogens (tertiary/aromatic N) is 1. The predicted octanol–water partition coefficient (Wildman–Crippen LogP) is 2.95. The Morgan fingerprint density at radius 2 is 1.75 bits per heavy atom. The van der Waals surface area contributed by atoms with Gasteiger partial charge in [0.15, 0.2) is 0 Å². The molecule has 2 N–H and O–H groups in total. The Hall–Kier alpha value is -2.00. The molecule has 3 nitrogen and oxygen atoms in total. The van der Waals surface area contributed by atoms with Gasteiger partial charge in [-0.05, 0) is 37.2 Å². The molecule has 20 heavy (non-hydrogen) atoms. The van der Waals surface area contributed by atoms with Crippen molar-refractivity contribution in [1.29, 1.82) is 0 Å². The van der Waals surface area contributed by atoms with Gasteiger partial charge in [0.1, 0.15) is 5.75 Å². The smallest absolute Gasteiger partial charge is 0.123 e. The van der Waals surface area contributed by atoms with E-state index < -0.39 is 0 Å². The van der Waals surface area contributed by atoms with Gasteiger partial charge < -0.3 is 15.4 Å². The fraction of sp³-hybridized carbons (Fsp3) is 0.294. The van der Waals surface area contributed by atoms with Gasteiger partial charge >= 0.3 is 0 Å². The molecule has 2 aromatic rings. The molecule has 0 unspecified atom stereocenters. The average Bonchev–Trinajstić information content (AvgIpc) is 2.47. The van der Waals surface area contributed by atoms with Crippen LogP contribution in [0.2, 0.25) is 0 Å². The van der Waals surface area contributed by atoms with Crippen LogP contribution >= 0.6 is 0 Å². The van der Waals surface area contributed by atoms with Gasteiger partial charge in [-0.15, -0.1) is 0 Å². The lowest BCUT2D eigenvalue weighted by Crippen LogP contribution is -2.21. The number of nitrogen functional groups attached to an aromatic ring is 1. The lowest BCUT2D eigenvalue weighted by atomic mass is 10.1. The maximum absolute atomic E-state index is 5.69. The highest BCUT2D eigenvalue weighted by Gasteiger charge is 2.05. The summed E-state index contributed by atoms with van der Waals surface area (Å²) in [4.78, 5) is 2.30. The van der Waals surface area contributed by atoms with Crippen molar-refractivity contribution in [2.45, 2.75) is 13.0 Å². The van der Waals surface area contributed by atoms with Crippen LogP contribution in [0.3, 0.4) is 0 Å². The Bertz CT molecular complexity index is 537. The largest absolute Gasteiger partial charge is 0.496 e. The maximum Gasteiger partial charge on any atom is 0.123 e. The SMILES string of the molecule is COc1ccccc1CN(C)CCc1ccc(N)cc1. The molecule has 0 spiro atoms. The number of rotatable bonds is 6. The summed E-state index contributed by atoms with van der Waals surface area (Å²) < 4.78 is 5.38. The molecule has 0 radical (unpaired) electrons. The molecule has 0 amide bonds. The second kappa shape index (κ2) is 6.96. The van der Waals surface area contributed by atoms with E-state index in [0.717, 1.165) is 30.9 Å². The average molecular weight is 270 g/mol. The van der Waals surface area contributed by atoms with Crippen LogP contribution in [0.1, 0.15) is 11.1 Å². The van der Waals surface area contributed by atoms with E-state index in [9.17, 15) is 0 Å². The van der Waals surface area contributed by atoms with E-state index in [1.807, 2.05) is 30.3 Å². The molecule has 0 fully saturated rings. The van der Waals surface area contributed by atoms with Crippen LogP contribution in [0.25, 0.3) is 0 Å². The zero-order valence-electron chi connectivity index (χ0n) is 12.2. The van der Waals surface area contributed by atoms with Crippen LogP contribution < -0.4 is 10.5 Å². The van der Waals surface area contributed by atoms with Crippen molar-refractivity contribution >= 4 is 5.69 Å². The van der Waals surface area contributed by atoms with Crippen LogP contribution in [0.4, 0.5) is 5.69 Å². The van der Waals surface area contributed by atoms with Gasteiger partial charge in [0, 0.05) is 24.3 Å². The third-order valence-electron chi connectivity index (χ3n) is 3.39. The van der Waals surface area contributed by atoms with Crippen molar-refractivity contribution in [2.75, 3.05) is 26.4 Å². The van der Waals surface area contributed by atoms with E-state index in [2.05, 4.69) is 30.1 Å². The van der Waals surface area contributed by atoms with E-state index in [-0.39, 0.29) is 0 Å². The highest BCUT2D eigenvalue weighted by Crippen LogP contribution is 2.18. The van der Waals surface area contributed by atoms with E-state index in [0.29, 0.717) is 0 Å². The Balaban J connectivity index is 1.89. The molecule has 3 heteroatoms. The van der Waals surface area contributed by atoms with E-state index in [4.69, 9.17) is 10.5 Å². The normalized spacial score (nSPS) is 10.8. The Morgan fingerprint density at radius 3 is 2.45 bits per heavy atom. The number of hydrogen-bond donors (Lipinski definition) is 1. The number of anilines is 1. The number of methoxy groups -OCH3 is 1. The lowest BCUT2D eigenvalue weighted by molar-refractivity contribution is 0.321. The number of benzene rings is 2. The van der Waals surface area contributed by atoms with Gasteiger partial charge in [-0.1, -0.05) is 30.3 Å². The number of hydrogen-bond acceptors (Lipinski definition) is 3. The first-order valence-electron chi connectivity index (χ1n) is 6.84. The van der Waals surface area contributed by atoms with E-state index in [1.54, 1.807) is 7.11 Å². The van der Waals surface area contributed by atoms with Crippen molar-refractivity contribution in [2.24, 2.45) is 0 Å². The summed E-state index contributed by atoms with van der Waals surface area (Å²) in [6.45, 7) is 1.89. The van der Waals surface area contributed by atoms with Crippen LogP contribution in [0.5, 0.6) is 5.75 Å². The van der Waals surface area contributed by atoms with E-state index in [1.165, 1.54) is 11.1 Å². The molecule has 0 saturated heterocycles. The van der Waals surface area contributed by atoms with Crippen molar-refractivity contribution < 1.29 is 4.74 Å². The summed E-state index contributed by atoms with van der Waals surface area (Å²) in [6, 6.07) is 16.2. The summed E-state index contributed by atoms with van der Waals surface area (Å²) in [7, 11) is 3.84. The van der Waals surface area contributed by atoms with Gasteiger partial charge in [0.05, 0.1) is 7.11 Å². The first-order chi connectivity index (χ1) is 9.69. The minimum Gasteiger partial charge on any atom is -0.496 e. The fourth-order valence-electron chi connectivity index (χ4n) is 2.21. The number of ether oxygens (including phenoxy) is 1. The fourth-order valence-corrected chi connectivity index (χ4v) is 2.21. The van der Waals surface area contributed by atoms with Crippen LogP contribution in [-0.2, 0) is 13.0 Å². The van der Waals surface area contributed by atoms with Gasteiger partial charge in [-0.2, -0.15) is 0 Å². The molecule has 0 saturated carbocycles. The molecular weight excluding hydrogens is 248 g/mol. The third-order valence-corrected chi connectivity index (χ3v) is 3.39. The molecule has 2 rings (SSSR count). The number of nitrogens with two attached hydrogens (primary N) is 1. The molecule has 0 aliphatic rings. The highest BCUT2D eigenvalue weighted by atomic mass is 16.5. The Kier molecular flexibility index (Phi) is 5.02. The monoisotopic (exact) mass is 270 g/mol. The number of likely N-dealkylation sites (N-methyl/N-ethyl adjacent to an activating group) is 1. The summed E-state index contributed by atoms with van der Waals surface area (Å²) in [5.74, 6) is 0.951. The van der Waals surface area contributed by atoms with Gasteiger partial charge in [-0.3, -0.25) is 0 Å². The van der Waals surface area contributed by atoms with Gasteiger partial charge in [0.25, 0.3) is 0 Å². The summed E-state index contributed by atoms with van der Waals surface area (Å²) >= 11 is 0. The van der Waals surface area contributed by atoms with Gasteiger partial charge in [0.2, 0.25) is 0 Å². The van der Waals surface area contributed by atoms with Gasteiger partial charge in [-0.25, -0.2) is 0 Å². The second-order valence-electron chi connectivity index (χ2n) is 5.04. The first-order valence-corrected chi connectivity index (χ1v) is 6.84. The molecule has 0 aromatic heterocycles. The molecule has 0 atom stereocenters. The van der Waals surface area contributed by atoms with Crippen molar-refractivity contribution in [3.05, 3.63) is 59.7 Å². The second-order valence-corrected chi connectivity index (χ2v) is 5.04. The maximum atomic E-state index is 5.69. The van der Waals surface area contributed by atoms with Crippen LogP contribution in [-0.4, -0.2) is 25.6 Å². The summed E-state index contributed by atoms with van der Waals surface area (Å²) in [6.07, 6.45) is 1.02. The van der Waals surface area contributed by atoms with Crippen molar-refractivity contribution in [3.63, 3.8) is 0 Å². The minimum absolute atomic E-state index is 0.816. The summed E-state index contributed by atoms with van der Waals surface area (Å²) in [5, 5.41) is 0.